The number of aryl methyl sites for hydroxylation is 1. The average Bonchev–Trinajstić information content (AvgIpc) is 3.20. The molecule has 0 unspecified atom stereocenters. The quantitative estimate of drug-likeness (QED) is 0.549. The van der Waals surface area contributed by atoms with Crippen molar-refractivity contribution in [3.05, 3.63) is 65.9 Å². The number of aromatic nitrogens is 1. The van der Waals surface area contributed by atoms with Gasteiger partial charge in [0.15, 0.2) is 5.78 Å². The number of amides is 1. The number of hydrogen-bond acceptors (Lipinski definition) is 3. The Kier molecular flexibility index (Phi) is 6.40. The lowest BCUT2D eigenvalue weighted by Crippen LogP contribution is -2.42. The predicted octanol–water partition coefficient (Wildman–Crippen LogP) is 5.01. The highest BCUT2D eigenvalue weighted by Gasteiger charge is 2.29. The molecule has 2 heterocycles. The number of ketones is 1. The Balaban J connectivity index is 1.37. The molecule has 0 spiro atoms. The van der Waals surface area contributed by atoms with E-state index < -0.39 is 0 Å². The highest BCUT2D eigenvalue weighted by atomic mass is 16.5. The maximum atomic E-state index is 13.1. The number of carbonyl (C=O) groups is 2. The molecule has 0 aliphatic carbocycles. The summed E-state index contributed by atoms with van der Waals surface area (Å²) >= 11 is 0. The molecule has 31 heavy (non-hydrogen) atoms. The molecular weight excluding hydrogens is 388 g/mol. The van der Waals surface area contributed by atoms with Crippen molar-refractivity contribution in [2.75, 3.05) is 13.1 Å². The molecule has 5 heteroatoms. The third kappa shape index (κ3) is 4.98. The van der Waals surface area contributed by atoms with Crippen LogP contribution < -0.4 is 4.74 Å². The molecule has 4 rings (SSSR count). The van der Waals surface area contributed by atoms with E-state index >= 15 is 0 Å². The predicted molar refractivity (Wildman–Crippen MR) is 122 cm³/mol. The Morgan fingerprint density at radius 1 is 1.16 bits per heavy atom. The molecule has 2 aromatic carbocycles. The molecule has 5 nitrogen and oxygen atoms in total. The van der Waals surface area contributed by atoms with Crippen molar-refractivity contribution in [1.82, 2.24) is 9.88 Å². The number of benzene rings is 2. The molecule has 1 aliphatic rings. The molecule has 0 saturated carbocycles. The van der Waals surface area contributed by atoms with Crippen molar-refractivity contribution >= 4 is 22.6 Å². The summed E-state index contributed by atoms with van der Waals surface area (Å²) < 4.78 is 5.73. The lowest BCUT2D eigenvalue weighted by Gasteiger charge is -2.32. The number of fused-ring (bicyclic) bond motifs is 1. The van der Waals surface area contributed by atoms with E-state index in [9.17, 15) is 9.59 Å². The van der Waals surface area contributed by atoms with E-state index in [1.807, 2.05) is 67.4 Å². The van der Waals surface area contributed by atoms with Crippen LogP contribution >= 0.6 is 0 Å². The fourth-order valence-corrected chi connectivity index (χ4v) is 4.39. The summed E-state index contributed by atoms with van der Waals surface area (Å²) in [6.45, 7) is 5.17. The summed E-state index contributed by atoms with van der Waals surface area (Å²) in [5, 5.41) is 1.17. The number of carbonyl (C=O) groups excluding carboxylic acids is 2. The number of nitrogens with zero attached hydrogens (tertiary/aromatic N) is 1. The van der Waals surface area contributed by atoms with Gasteiger partial charge in [0.25, 0.3) is 0 Å². The zero-order valence-corrected chi connectivity index (χ0v) is 18.3. The van der Waals surface area contributed by atoms with E-state index in [0.29, 0.717) is 30.7 Å². The van der Waals surface area contributed by atoms with Gasteiger partial charge in [0, 0.05) is 48.1 Å². The fraction of sp³-hybridized carbons (Fsp3) is 0.385. The second-order valence-electron chi connectivity index (χ2n) is 8.60. The number of likely N-dealkylation sites (tertiary alicyclic amines) is 1. The van der Waals surface area contributed by atoms with Gasteiger partial charge in [-0.2, -0.15) is 0 Å². The topological polar surface area (TPSA) is 62.4 Å². The van der Waals surface area contributed by atoms with Gasteiger partial charge in [0.2, 0.25) is 5.91 Å². The SMILES string of the molecule is CC(C)Oc1cccc(C(=O)[C@@H]2CCCN(C(=O)CCc3c[nH]c4ccccc34)C2)c1. The van der Waals surface area contributed by atoms with E-state index in [1.165, 1.54) is 5.39 Å². The molecule has 0 radical (unpaired) electrons. The third-order valence-electron chi connectivity index (χ3n) is 5.92. The smallest absolute Gasteiger partial charge is 0.222 e. The Bertz CT molecular complexity index is 1070. The molecule has 0 bridgehead atoms. The average molecular weight is 419 g/mol. The number of rotatable bonds is 7. The van der Waals surface area contributed by atoms with Crippen LogP contribution in [0.4, 0.5) is 0 Å². The summed E-state index contributed by atoms with van der Waals surface area (Å²) in [4.78, 5) is 31.1. The number of nitrogens with one attached hydrogen (secondary N) is 1. The van der Waals surface area contributed by atoms with Crippen molar-refractivity contribution in [1.29, 1.82) is 0 Å². The van der Waals surface area contributed by atoms with Crippen LogP contribution in [0.1, 0.15) is 49.0 Å². The van der Waals surface area contributed by atoms with Crippen LogP contribution in [0.2, 0.25) is 0 Å². The van der Waals surface area contributed by atoms with Gasteiger partial charge in [-0.15, -0.1) is 0 Å². The van der Waals surface area contributed by atoms with Gasteiger partial charge in [0.05, 0.1) is 6.10 Å². The van der Waals surface area contributed by atoms with Gasteiger partial charge in [-0.05, 0) is 56.9 Å². The molecule has 1 saturated heterocycles. The Morgan fingerprint density at radius 3 is 2.84 bits per heavy atom. The van der Waals surface area contributed by atoms with Gasteiger partial charge in [0.1, 0.15) is 5.75 Å². The van der Waals surface area contributed by atoms with Crippen LogP contribution in [-0.4, -0.2) is 40.8 Å². The van der Waals surface area contributed by atoms with Crippen LogP contribution in [0.15, 0.2) is 54.7 Å². The van der Waals surface area contributed by atoms with Gasteiger partial charge in [-0.25, -0.2) is 0 Å². The van der Waals surface area contributed by atoms with Crippen molar-refractivity contribution < 1.29 is 14.3 Å². The van der Waals surface area contributed by atoms with E-state index in [0.717, 1.165) is 30.5 Å². The van der Waals surface area contributed by atoms with Crippen molar-refractivity contribution in [2.45, 2.75) is 45.6 Å². The standard InChI is InChI=1S/C26H30N2O3/c1-18(2)31-22-9-5-7-19(15-22)26(30)21-8-6-14-28(17-21)25(29)13-12-20-16-27-24-11-4-3-10-23(20)24/h3-5,7,9-11,15-16,18,21,27H,6,8,12-14,17H2,1-2H3/t21-/m1/s1. The van der Waals surface area contributed by atoms with Gasteiger partial charge in [-0.1, -0.05) is 30.3 Å². The zero-order chi connectivity index (χ0) is 21.8. The number of piperidine rings is 1. The van der Waals surface area contributed by atoms with E-state index in [4.69, 9.17) is 4.74 Å². The third-order valence-corrected chi connectivity index (χ3v) is 5.92. The van der Waals surface area contributed by atoms with Crippen molar-refractivity contribution in [3.8, 4) is 5.75 Å². The van der Waals surface area contributed by atoms with Gasteiger partial charge in [-0.3, -0.25) is 9.59 Å². The Labute approximate surface area is 183 Å². The monoisotopic (exact) mass is 418 g/mol. The highest BCUT2D eigenvalue weighted by molar-refractivity contribution is 5.98. The molecule has 162 valence electrons. The minimum Gasteiger partial charge on any atom is -0.491 e. The number of H-pyrrole nitrogens is 1. The van der Waals surface area contributed by atoms with Crippen LogP contribution in [-0.2, 0) is 11.2 Å². The van der Waals surface area contributed by atoms with E-state index in [-0.39, 0.29) is 23.7 Å². The summed E-state index contributed by atoms with van der Waals surface area (Å²) in [7, 11) is 0. The summed E-state index contributed by atoms with van der Waals surface area (Å²) in [6, 6.07) is 15.5. The maximum Gasteiger partial charge on any atom is 0.222 e. The summed E-state index contributed by atoms with van der Waals surface area (Å²) in [5.41, 5.74) is 2.92. The molecule has 1 aliphatic heterocycles. The number of hydrogen-bond donors (Lipinski definition) is 1. The Morgan fingerprint density at radius 2 is 2.00 bits per heavy atom. The van der Waals surface area contributed by atoms with Gasteiger partial charge < -0.3 is 14.6 Å². The molecule has 1 amide bonds. The first kappa shape index (κ1) is 21.2. The largest absolute Gasteiger partial charge is 0.491 e. The highest BCUT2D eigenvalue weighted by Crippen LogP contribution is 2.25. The molecule has 1 N–H and O–H groups in total. The summed E-state index contributed by atoms with van der Waals surface area (Å²) in [5.74, 6) is 0.784. The second-order valence-corrected chi connectivity index (χ2v) is 8.60. The second kappa shape index (κ2) is 9.38. The molecule has 1 atom stereocenters. The normalized spacial score (nSPS) is 16.6. The number of aromatic amines is 1. The zero-order valence-electron chi connectivity index (χ0n) is 18.3. The molecule has 1 fully saturated rings. The van der Waals surface area contributed by atoms with E-state index in [2.05, 4.69) is 11.1 Å². The van der Waals surface area contributed by atoms with Crippen LogP contribution in [0, 0.1) is 5.92 Å². The molecule has 3 aromatic rings. The number of Topliss-reactive ketones (excluding diaryl/α,β-unsaturated/α-hetero) is 1. The van der Waals surface area contributed by atoms with Crippen LogP contribution in [0.25, 0.3) is 10.9 Å². The van der Waals surface area contributed by atoms with Crippen LogP contribution in [0.3, 0.4) is 0 Å². The summed E-state index contributed by atoms with van der Waals surface area (Å²) in [6.07, 6.45) is 4.89. The number of para-hydroxylation sites is 1. The molecule has 1 aromatic heterocycles. The minimum atomic E-state index is -0.153. The maximum absolute atomic E-state index is 13.1. The van der Waals surface area contributed by atoms with Crippen molar-refractivity contribution in [2.24, 2.45) is 5.92 Å². The lowest BCUT2D eigenvalue weighted by atomic mass is 9.89. The lowest BCUT2D eigenvalue weighted by molar-refractivity contribution is -0.132. The minimum absolute atomic E-state index is 0.0605. The van der Waals surface area contributed by atoms with E-state index in [1.54, 1.807) is 0 Å². The molecular formula is C26H30N2O3. The van der Waals surface area contributed by atoms with Crippen LogP contribution in [0.5, 0.6) is 5.75 Å². The first-order chi connectivity index (χ1) is 15.0. The fourth-order valence-electron chi connectivity index (χ4n) is 4.39. The first-order valence-electron chi connectivity index (χ1n) is 11.1. The first-order valence-corrected chi connectivity index (χ1v) is 11.1. The number of ether oxygens (including phenoxy) is 1. The van der Waals surface area contributed by atoms with Gasteiger partial charge >= 0.3 is 0 Å². The Hall–Kier alpha value is -3.08. The van der Waals surface area contributed by atoms with Crippen molar-refractivity contribution in [3.63, 3.8) is 0 Å².